The number of halogens is 2. The molecule has 3 aromatic carbocycles. The first kappa shape index (κ1) is 35.1. The van der Waals surface area contributed by atoms with Crippen molar-refractivity contribution in [1.29, 1.82) is 5.26 Å². The van der Waals surface area contributed by atoms with Gasteiger partial charge in [-0.2, -0.15) is 13.9 Å². The quantitative estimate of drug-likeness (QED) is 0.237. The minimum Gasteiger partial charge on any atom is -0.487 e. The molecular weight excluding hydrogens is 709 g/mol. The lowest BCUT2D eigenvalue weighted by atomic mass is 10.1. The van der Waals surface area contributed by atoms with Gasteiger partial charge in [0.1, 0.15) is 28.8 Å². The van der Waals surface area contributed by atoms with Gasteiger partial charge in [-0.1, -0.05) is 35.3 Å². The van der Waals surface area contributed by atoms with Gasteiger partial charge < -0.3 is 9.64 Å². The number of carbonyl (C=O) groups is 1. The molecule has 15 heteroatoms. The topological polar surface area (TPSA) is 141 Å². The number of hydrogen-bond donors (Lipinski definition) is 0. The summed E-state index contributed by atoms with van der Waals surface area (Å²) in [6.45, 7) is 4.18. The number of ether oxygens (including phenoxy) is 1. The van der Waals surface area contributed by atoms with E-state index in [1.807, 2.05) is 38.1 Å². The van der Waals surface area contributed by atoms with Crippen molar-refractivity contribution in [3.05, 3.63) is 93.1 Å². The summed E-state index contributed by atoms with van der Waals surface area (Å²) >= 11 is 13.3. The second-order valence-corrected chi connectivity index (χ2v) is 16.6. The summed E-state index contributed by atoms with van der Waals surface area (Å²) < 4.78 is 63.1. The standard InChI is InChI=1S/C34H33Cl2N5O6S2/c1-22-19-23(2)38-33-26(22)5-3-7-30(33)47-21-27-28(35)12-13-31(32(27)36)49(45,46)41-14-4-6-29(41)34(42)39-15-17-40(18-16-39)48(43,44)25-10-8-24(20-37)9-11-25/h3,5,7-13,19,29H,4,6,14-18,21H2,1-2H3. The molecule has 2 aliphatic rings. The van der Waals surface area contributed by atoms with Gasteiger partial charge in [-0.05, 0) is 80.8 Å². The third-order valence-electron chi connectivity index (χ3n) is 8.91. The summed E-state index contributed by atoms with van der Waals surface area (Å²) in [6, 6.07) is 17.0. The predicted octanol–water partition coefficient (Wildman–Crippen LogP) is 5.30. The van der Waals surface area contributed by atoms with Gasteiger partial charge in [0.15, 0.2) is 0 Å². The van der Waals surface area contributed by atoms with E-state index < -0.39 is 26.1 Å². The van der Waals surface area contributed by atoms with Crippen molar-refractivity contribution in [3.63, 3.8) is 0 Å². The van der Waals surface area contributed by atoms with Gasteiger partial charge in [0, 0.05) is 54.4 Å². The molecule has 1 aromatic heterocycles. The molecule has 11 nitrogen and oxygen atoms in total. The zero-order valence-corrected chi connectivity index (χ0v) is 29.9. The molecule has 0 bridgehead atoms. The van der Waals surface area contributed by atoms with Crippen LogP contribution in [0.2, 0.25) is 10.0 Å². The van der Waals surface area contributed by atoms with Crippen LogP contribution < -0.4 is 4.74 Å². The molecule has 3 heterocycles. The fourth-order valence-electron chi connectivity index (χ4n) is 6.34. The van der Waals surface area contributed by atoms with Crippen LogP contribution in [0.25, 0.3) is 10.9 Å². The Balaban J connectivity index is 1.18. The van der Waals surface area contributed by atoms with E-state index in [-0.39, 0.29) is 70.6 Å². The Morgan fingerprint density at radius 1 is 0.959 bits per heavy atom. The first-order valence-electron chi connectivity index (χ1n) is 15.6. The molecular formula is C34H33Cl2N5O6S2. The Hall–Kier alpha value is -3.77. The highest BCUT2D eigenvalue weighted by Crippen LogP contribution is 2.37. The molecule has 4 aromatic rings. The Morgan fingerprint density at radius 2 is 1.67 bits per heavy atom. The highest BCUT2D eigenvalue weighted by atomic mass is 35.5. The van der Waals surface area contributed by atoms with E-state index in [1.54, 1.807) is 6.07 Å². The van der Waals surface area contributed by atoms with Crippen LogP contribution in [0.3, 0.4) is 0 Å². The van der Waals surface area contributed by atoms with Crippen LogP contribution in [0.15, 0.2) is 70.5 Å². The van der Waals surface area contributed by atoms with E-state index in [0.29, 0.717) is 29.7 Å². The monoisotopic (exact) mass is 741 g/mol. The molecule has 1 atom stereocenters. The van der Waals surface area contributed by atoms with Crippen molar-refractivity contribution in [3.8, 4) is 11.8 Å². The maximum Gasteiger partial charge on any atom is 0.245 e. The molecule has 6 rings (SSSR count). The van der Waals surface area contributed by atoms with Gasteiger partial charge in [0.2, 0.25) is 26.0 Å². The molecule has 0 N–H and O–H groups in total. The molecule has 0 spiro atoms. The number of carbonyl (C=O) groups excluding carboxylic acids is 1. The highest BCUT2D eigenvalue weighted by molar-refractivity contribution is 7.89. The number of fused-ring (bicyclic) bond motifs is 1. The van der Waals surface area contributed by atoms with Gasteiger partial charge in [-0.3, -0.25) is 4.79 Å². The first-order valence-corrected chi connectivity index (χ1v) is 19.2. The summed E-state index contributed by atoms with van der Waals surface area (Å²) in [5.41, 5.74) is 3.17. The number of hydrogen-bond acceptors (Lipinski definition) is 8. The Kier molecular flexibility index (Phi) is 9.92. The number of aryl methyl sites for hydroxylation is 2. The van der Waals surface area contributed by atoms with Crippen LogP contribution >= 0.6 is 23.2 Å². The van der Waals surface area contributed by atoms with Crippen molar-refractivity contribution in [2.45, 2.75) is 49.1 Å². The van der Waals surface area contributed by atoms with E-state index in [9.17, 15) is 21.6 Å². The van der Waals surface area contributed by atoms with Crippen molar-refractivity contribution >= 4 is 60.1 Å². The zero-order valence-electron chi connectivity index (χ0n) is 26.8. The van der Waals surface area contributed by atoms with E-state index >= 15 is 0 Å². The largest absolute Gasteiger partial charge is 0.487 e. The van der Waals surface area contributed by atoms with E-state index in [2.05, 4.69) is 4.98 Å². The molecule has 256 valence electrons. The number of amides is 1. The Bertz CT molecular complexity index is 2200. The number of para-hydroxylation sites is 1. The first-order chi connectivity index (χ1) is 23.3. The lowest BCUT2D eigenvalue weighted by molar-refractivity contribution is -0.135. The van der Waals surface area contributed by atoms with Crippen LogP contribution in [0, 0.1) is 25.2 Å². The maximum absolute atomic E-state index is 14.1. The molecule has 1 amide bonds. The molecule has 2 saturated heterocycles. The van der Waals surface area contributed by atoms with Crippen molar-refractivity contribution in [2.24, 2.45) is 0 Å². The van der Waals surface area contributed by atoms with E-state index in [0.717, 1.165) is 16.6 Å². The number of benzene rings is 3. The fourth-order valence-corrected chi connectivity index (χ4v) is 10.3. The minimum absolute atomic E-state index is 0.0469. The number of rotatable bonds is 8. The summed E-state index contributed by atoms with van der Waals surface area (Å²) in [5, 5.41) is 10.1. The van der Waals surface area contributed by atoms with Crippen LogP contribution in [0.5, 0.6) is 5.75 Å². The summed E-state index contributed by atoms with van der Waals surface area (Å²) in [4.78, 5) is 19.8. The highest BCUT2D eigenvalue weighted by Gasteiger charge is 2.43. The van der Waals surface area contributed by atoms with Gasteiger partial charge in [0.25, 0.3) is 0 Å². The number of aromatic nitrogens is 1. The number of sulfonamides is 2. The van der Waals surface area contributed by atoms with Gasteiger partial charge in [-0.15, -0.1) is 0 Å². The third-order valence-corrected chi connectivity index (χ3v) is 13.7. The Morgan fingerprint density at radius 3 is 2.37 bits per heavy atom. The van der Waals surface area contributed by atoms with E-state index in [4.69, 9.17) is 33.2 Å². The van der Waals surface area contributed by atoms with E-state index in [1.165, 1.54) is 49.9 Å². The number of nitriles is 1. The molecule has 2 aliphatic heterocycles. The smallest absolute Gasteiger partial charge is 0.245 e. The average molecular weight is 743 g/mol. The molecule has 0 aliphatic carbocycles. The van der Waals surface area contributed by atoms with Crippen molar-refractivity contribution < 1.29 is 26.4 Å². The number of piperazine rings is 1. The normalized spacial score (nSPS) is 17.7. The number of pyridine rings is 1. The second-order valence-electron chi connectivity index (χ2n) is 12.0. The van der Waals surface area contributed by atoms with Crippen molar-refractivity contribution in [1.82, 2.24) is 18.5 Å². The van der Waals surface area contributed by atoms with Gasteiger partial charge >= 0.3 is 0 Å². The molecule has 1 unspecified atom stereocenters. The molecule has 0 saturated carbocycles. The lowest BCUT2D eigenvalue weighted by Crippen LogP contribution is -2.55. The third kappa shape index (κ3) is 6.73. The number of nitrogens with zero attached hydrogens (tertiary/aromatic N) is 5. The van der Waals surface area contributed by atoms with Crippen LogP contribution in [-0.2, 0) is 31.4 Å². The van der Waals surface area contributed by atoms with Gasteiger partial charge in [0.05, 0.1) is 21.6 Å². The van der Waals surface area contributed by atoms with Crippen LogP contribution in [-0.4, -0.2) is 80.0 Å². The molecule has 49 heavy (non-hydrogen) atoms. The molecule has 2 fully saturated rings. The molecule has 0 radical (unpaired) electrons. The summed E-state index contributed by atoms with van der Waals surface area (Å²) in [5.74, 6) is 0.110. The maximum atomic E-state index is 14.1. The predicted molar refractivity (Wildman–Crippen MR) is 185 cm³/mol. The summed E-state index contributed by atoms with van der Waals surface area (Å²) in [7, 11) is -8.08. The SMILES string of the molecule is Cc1cc(C)c2cccc(OCc3c(Cl)ccc(S(=O)(=O)N4CCCC4C(=O)N4CCN(S(=O)(=O)c5ccc(C#N)cc5)CC4)c3Cl)c2n1. The zero-order chi connectivity index (χ0) is 35.1. The Labute approximate surface area is 295 Å². The van der Waals surface area contributed by atoms with Crippen LogP contribution in [0.4, 0.5) is 0 Å². The minimum atomic E-state index is -4.25. The average Bonchev–Trinajstić information content (AvgIpc) is 3.59. The summed E-state index contributed by atoms with van der Waals surface area (Å²) in [6.07, 6.45) is 0.784. The van der Waals surface area contributed by atoms with Gasteiger partial charge in [-0.25, -0.2) is 21.8 Å². The lowest BCUT2D eigenvalue weighted by Gasteiger charge is -2.36. The van der Waals surface area contributed by atoms with Crippen molar-refractivity contribution in [2.75, 3.05) is 32.7 Å². The van der Waals surface area contributed by atoms with Crippen LogP contribution in [0.1, 0.15) is 35.2 Å². The second kappa shape index (κ2) is 13.9. The fraction of sp³-hybridized carbons (Fsp3) is 0.324.